The minimum atomic E-state index is 0.0380. The van der Waals surface area contributed by atoms with Crippen molar-refractivity contribution in [1.29, 1.82) is 0 Å². The fourth-order valence-electron chi connectivity index (χ4n) is 1.88. The fourth-order valence-corrected chi connectivity index (χ4v) is 2.66. The Balaban J connectivity index is 3.02. The average molecular weight is 294 g/mol. The van der Waals surface area contributed by atoms with Gasteiger partial charge < -0.3 is 4.74 Å². The van der Waals surface area contributed by atoms with Gasteiger partial charge in [-0.1, -0.05) is 33.8 Å². The summed E-state index contributed by atoms with van der Waals surface area (Å²) in [5.74, 6) is 2.43. The number of Topliss-reactive ketones (excluding diaryl/α,β-unsaturated/α-hetero) is 1. The maximum atomic E-state index is 12.4. The highest BCUT2D eigenvalue weighted by molar-refractivity contribution is 7.99. The molecular formula is C17H26O2S. The average Bonchev–Trinajstić information content (AvgIpc) is 2.38. The summed E-state index contributed by atoms with van der Waals surface area (Å²) in [7, 11) is 0. The summed E-state index contributed by atoms with van der Waals surface area (Å²) in [4.78, 5) is 12.4. The molecule has 1 rings (SSSR count). The summed E-state index contributed by atoms with van der Waals surface area (Å²) >= 11 is 1.69. The van der Waals surface area contributed by atoms with Crippen LogP contribution in [0.5, 0.6) is 5.75 Å². The van der Waals surface area contributed by atoms with Gasteiger partial charge in [-0.3, -0.25) is 4.79 Å². The minimum Gasteiger partial charge on any atom is -0.493 e. The number of hydrogen-bond donors (Lipinski definition) is 0. The third-order valence-electron chi connectivity index (χ3n) is 3.03. The van der Waals surface area contributed by atoms with Crippen LogP contribution in [0.1, 0.15) is 57.0 Å². The normalized spacial score (nSPS) is 11.4. The molecule has 0 fully saturated rings. The van der Waals surface area contributed by atoms with Gasteiger partial charge in [0.25, 0.3) is 0 Å². The van der Waals surface area contributed by atoms with Crippen molar-refractivity contribution in [3.05, 3.63) is 29.3 Å². The van der Waals surface area contributed by atoms with E-state index in [0.717, 1.165) is 17.7 Å². The monoisotopic (exact) mass is 294 g/mol. The zero-order valence-corrected chi connectivity index (χ0v) is 14.1. The predicted octanol–water partition coefficient (Wildman–Crippen LogP) is 4.71. The Bertz CT molecular complexity index is 447. The summed E-state index contributed by atoms with van der Waals surface area (Å²) in [6.45, 7) is 11.1. The second-order valence-electron chi connectivity index (χ2n) is 5.87. The molecule has 0 aliphatic heterocycles. The molecule has 0 heterocycles. The van der Waals surface area contributed by atoms with E-state index in [0.29, 0.717) is 18.1 Å². The molecule has 0 unspecified atom stereocenters. The van der Waals surface area contributed by atoms with E-state index in [4.69, 9.17) is 4.74 Å². The van der Waals surface area contributed by atoms with Crippen LogP contribution in [0.3, 0.4) is 0 Å². The number of rotatable bonds is 7. The molecule has 2 nitrogen and oxygen atoms in total. The maximum Gasteiger partial charge on any atom is 0.176 e. The van der Waals surface area contributed by atoms with Crippen molar-refractivity contribution in [1.82, 2.24) is 0 Å². The number of benzene rings is 1. The van der Waals surface area contributed by atoms with Crippen molar-refractivity contribution in [2.24, 2.45) is 0 Å². The molecule has 0 aliphatic rings. The lowest BCUT2D eigenvalue weighted by molar-refractivity contribution is 0.101. The Morgan fingerprint density at radius 1 is 1.25 bits per heavy atom. The molecule has 0 amide bonds. The van der Waals surface area contributed by atoms with Crippen LogP contribution in [-0.2, 0) is 5.41 Å². The van der Waals surface area contributed by atoms with Crippen LogP contribution >= 0.6 is 11.8 Å². The Kier molecular flexibility index (Phi) is 6.60. The van der Waals surface area contributed by atoms with Gasteiger partial charge in [-0.2, -0.15) is 11.8 Å². The molecule has 1 aromatic carbocycles. The van der Waals surface area contributed by atoms with Gasteiger partial charge in [-0.25, -0.2) is 0 Å². The van der Waals surface area contributed by atoms with Crippen LogP contribution in [0, 0.1) is 0 Å². The third-order valence-corrected chi connectivity index (χ3v) is 4.19. The second kappa shape index (κ2) is 7.72. The minimum absolute atomic E-state index is 0.0380. The van der Waals surface area contributed by atoms with E-state index in [2.05, 4.69) is 33.8 Å². The summed E-state index contributed by atoms with van der Waals surface area (Å²) in [5.41, 5.74) is 1.93. The van der Waals surface area contributed by atoms with Crippen LogP contribution in [0.4, 0.5) is 0 Å². The van der Waals surface area contributed by atoms with Crippen LogP contribution in [0.2, 0.25) is 0 Å². The number of carbonyl (C=O) groups excluding carboxylic acids is 1. The fraction of sp³-hybridized carbons (Fsp3) is 0.588. The van der Waals surface area contributed by atoms with Crippen molar-refractivity contribution in [2.45, 2.75) is 46.5 Å². The van der Waals surface area contributed by atoms with Gasteiger partial charge in [0.1, 0.15) is 5.75 Å². The predicted molar refractivity (Wildman–Crippen MR) is 88.3 cm³/mol. The molecule has 0 radical (unpaired) electrons. The topological polar surface area (TPSA) is 26.3 Å². The molecule has 0 saturated heterocycles. The van der Waals surface area contributed by atoms with E-state index in [1.165, 1.54) is 5.56 Å². The van der Waals surface area contributed by atoms with E-state index in [-0.39, 0.29) is 11.2 Å². The molecule has 0 aliphatic carbocycles. The van der Waals surface area contributed by atoms with Gasteiger partial charge >= 0.3 is 0 Å². The molecule has 0 atom stereocenters. The number of ether oxygens (including phenoxy) is 1. The SMILES string of the molecule is CCCSCC(=O)c1cc(C(C)(C)C)ccc1OCC. The molecule has 0 N–H and O–H groups in total. The summed E-state index contributed by atoms with van der Waals surface area (Å²) < 4.78 is 5.60. The highest BCUT2D eigenvalue weighted by Gasteiger charge is 2.19. The lowest BCUT2D eigenvalue weighted by Gasteiger charge is -2.21. The number of ketones is 1. The summed E-state index contributed by atoms with van der Waals surface area (Å²) in [6, 6.07) is 5.99. The molecule has 0 bridgehead atoms. The van der Waals surface area contributed by atoms with Crippen molar-refractivity contribution >= 4 is 17.5 Å². The zero-order valence-electron chi connectivity index (χ0n) is 13.3. The summed E-state index contributed by atoms with van der Waals surface area (Å²) in [6.07, 6.45) is 1.10. The first-order chi connectivity index (χ1) is 9.40. The lowest BCUT2D eigenvalue weighted by atomic mass is 9.85. The van der Waals surface area contributed by atoms with Gasteiger partial charge in [0.2, 0.25) is 0 Å². The maximum absolute atomic E-state index is 12.4. The standard InChI is InChI=1S/C17H26O2S/c1-6-10-20-12-15(18)14-11-13(17(3,4)5)8-9-16(14)19-7-2/h8-9,11H,6-7,10,12H2,1-5H3. The zero-order chi connectivity index (χ0) is 15.2. The van der Waals surface area contributed by atoms with Crippen molar-refractivity contribution < 1.29 is 9.53 Å². The van der Waals surface area contributed by atoms with Crippen LogP contribution in [-0.4, -0.2) is 23.9 Å². The Morgan fingerprint density at radius 2 is 1.95 bits per heavy atom. The highest BCUT2D eigenvalue weighted by Crippen LogP contribution is 2.29. The summed E-state index contributed by atoms with van der Waals surface area (Å²) in [5, 5.41) is 0. The molecule has 1 aromatic rings. The number of thioether (sulfide) groups is 1. The molecule has 0 aromatic heterocycles. The Morgan fingerprint density at radius 3 is 2.50 bits per heavy atom. The number of hydrogen-bond acceptors (Lipinski definition) is 3. The van der Waals surface area contributed by atoms with Crippen molar-refractivity contribution in [3.8, 4) is 5.75 Å². The molecule has 20 heavy (non-hydrogen) atoms. The largest absolute Gasteiger partial charge is 0.493 e. The van der Waals surface area contributed by atoms with Gasteiger partial charge in [-0.05, 0) is 42.2 Å². The molecule has 0 spiro atoms. The van der Waals surface area contributed by atoms with Gasteiger partial charge in [0.05, 0.1) is 17.9 Å². The molecule has 3 heteroatoms. The van der Waals surface area contributed by atoms with E-state index >= 15 is 0 Å². The molecular weight excluding hydrogens is 268 g/mol. The Hall–Kier alpha value is -0.960. The van der Waals surface area contributed by atoms with Crippen LogP contribution < -0.4 is 4.74 Å². The van der Waals surface area contributed by atoms with E-state index in [9.17, 15) is 4.79 Å². The second-order valence-corrected chi connectivity index (χ2v) is 6.97. The van der Waals surface area contributed by atoms with Gasteiger partial charge in [-0.15, -0.1) is 0 Å². The van der Waals surface area contributed by atoms with Gasteiger partial charge in [0, 0.05) is 0 Å². The number of carbonyl (C=O) groups is 1. The molecule has 112 valence electrons. The molecule has 0 saturated carbocycles. The van der Waals surface area contributed by atoms with Crippen molar-refractivity contribution in [3.63, 3.8) is 0 Å². The first kappa shape index (κ1) is 17.1. The van der Waals surface area contributed by atoms with Crippen molar-refractivity contribution in [2.75, 3.05) is 18.1 Å². The smallest absolute Gasteiger partial charge is 0.176 e. The first-order valence-electron chi connectivity index (χ1n) is 7.28. The quantitative estimate of drug-likeness (QED) is 0.538. The van der Waals surface area contributed by atoms with E-state index in [1.807, 2.05) is 19.1 Å². The highest BCUT2D eigenvalue weighted by atomic mass is 32.2. The van der Waals surface area contributed by atoms with Crippen LogP contribution in [0.25, 0.3) is 0 Å². The Labute approximate surface area is 127 Å². The lowest BCUT2D eigenvalue weighted by Crippen LogP contribution is -2.14. The van der Waals surface area contributed by atoms with E-state index in [1.54, 1.807) is 11.8 Å². The van der Waals surface area contributed by atoms with Crippen LogP contribution in [0.15, 0.2) is 18.2 Å². The third kappa shape index (κ3) is 4.86. The van der Waals surface area contributed by atoms with Gasteiger partial charge in [0.15, 0.2) is 5.78 Å². The first-order valence-corrected chi connectivity index (χ1v) is 8.43. The van der Waals surface area contributed by atoms with E-state index < -0.39 is 0 Å².